The molecule has 21 heavy (non-hydrogen) atoms. The maximum Gasteiger partial charge on any atom is 0.345 e. The zero-order valence-corrected chi connectivity index (χ0v) is 12.2. The lowest BCUT2D eigenvalue weighted by atomic mass is 10.2. The normalized spacial score (nSPS) is 9.86. The van der Waals surface area contributed by atoms with E-state index >= 15 is 0 Å². The van der Waals surface area contributed by atoms with E-state index in [9.17, 15) is 19.5 Å². The number of carboxylic acid groups (broad SMARTS) is 1. The summed E-state index contributed by atoms with van der Waals surface area (Å²) in [6.45, 7) is 0. The second-order valence-electron chi connectivity index (χ2n) is 3.75. The van der Waals surface area contributed by atoms with E-state index in [0.29, 0.717) is 0 Å². The second-order valence-corrected chi connectivity index (χ2v) is 4.63. The van der Waals surface area contributed by atoms with Gasteiger partial charge in [0, 0.05) is 11.1 Å². The highest BCUT2D eigenvalue weighted by molar-refractivity contribution is 7.12. The third-order valence-electron chi connectivity index (χ3n) is 2.27. The molecule has 0 saturated heterocycles. The van der Waals surface area contributed by atoms with Crippen LogP contribution in [0.3, 0.4) is 0 Å². The predicted molar refractivity (Wildman–Crippen MR) is 77.1 cm³/mol. The fraction of sp³-hybridized carbons (Fsp3) is 0.250. The largest absolute Gasteiger partial charge is 0.870 e. The molecule has 2 aromatic rings. The van der Waals surface area contributed by atoms with Gasteiger partial charge in [-0.3, -0.25) is 9.59 Å². The van der Waals surface area contributed by atoms with Gasteiger partial charge in [0.2, 0.25) is 0 Å². The van der Waals surface area contributed by atoms with E-state index in [1.807, 2.05) is 0 Å². The van der Waals surface area contributed by atoms with Crippen molar-refractivity contribution >= 4 is 28.7 Å². The lowest BCUT2D eigenvalue weighted by Gasteiger charge is -2.14. The van der Waals surface area contributed by atoms with Gasteiger partial charge in [0.15, 0.2) is 5.75 Å². The summed E-state index contributed by atoms with van der Waals surface area (Å²) in [6.07, 6.45) is 0. The molecule has 0 aliphatic rings. The quantitative estimate of drug-likeness (QED) is 0.785. The van der Waals surface area contributed by atoms with Gasteiger partial charge in [-0.1, -0.05) is 5.75 Å². The molecule has 8 nitrogen and oxygen atoms in total. The van der Waals surface area contributed by atoms with Crippen LogP contribution in [0.1, 0.15) is 9.67 Å². The Morgan fingerprint density at radius 1 is 1.38 bits per heavy atom. The van der Waals surface area contributed by atoms with Crippen molar-refractivity contribution in [3.8, 4) is 11.5 Å². The molecule has 9 heteroatoms. The Bertz CT molecular complexity index is 714. The van der Waals surface area contributed by atoms with Crippen molar-refractivity contribution in [3.05, 3.63) is 36.0 Å². The van der Waals surface area contributed by atoms with E-state index in [4.69, 9.17) is 5.11 Å². The van der Waals surface area contributed by atoms with Crippen LogP contribution in [0.15, 0.2) is 15.0 Å². The molecule has 1 aromatic heterocycles. The lowest BCUT2D eigenvalue weighted by Crippen LogP contribution is -2.34. The second kappa shape index (κ2) is 6.86. The number of aromatic carboxylic acids is 1. The van der Waals surface area contributed by atoms with Gasteiger partial charge in [0.25, 0.3) is 10.9 Å². The fourth-order valence-corrected chi connectivity index (χ4v) is 2.11. The van der Waals surface area contributed by atoms with Gasteiger partial charge < -0.3 is 25.6 Å². The van der Waals surface area contributed by atoms with Gasteiger partial charge in [-0.05, 0) is 0 Å². The molecule has 0 atom stereocenters. The van der Waals surface area contributed by atoms with E-state index in [1.54, 1.807) is 14.1 Å². The molecule has 0 amide bonds. The van der Waals surface area contributed by atoms with E-state index in [-0.39, 0.29) is 22.0 Å². The van der Waals surface area contributed by atoms with Crippen LogP contribution in [-0.2, 0) is 0 Å². The van der Waals surface area contributed by atoms with Crippen LogP contribution in [0.2, 0.25) is 0 Å². The van der Waals surface area contributed by atoms with Gasteiger partial charge in [0.05, 0.1) is 7.11 Å². The van der Waals surface area contributed by atoms with Crippen molar-refractivity contribution in [1.29, 1.82) is 0 Å². The smallest absolute Gasteiger partial charge is 0.345 e. The average molecular weight is 312 g/mol. The van der Waals surface area contributed by atoms with Crippen LogP contribution in [-0.4, -0.2) is 32.3 Å². The highest BCUT2D eigenvalue weighted by Gasteiger charge is 2.22. The maximum absolute atomic E-state index is 11.6. The molecular formula is C12H12N2O6S-2. The van der Waals surface area contributed by atoms with Gasteiger partial charge in [-0.2, -0.15) is 14.1 Å². The topological polar surface area (TPSA) is 130 Å². The van der Waals surface area contributed by atoms with Crippen LogP contribution in [0.4, 0.5) is 11.4 Å². The summed E-state index contributed by atoms with van der Waals surface area (Å²) in [5.74, 6) is -2.24. The Labute approximate surface area is 123 Å². The first-order valence-corrected chi connectivity index (χ1v) is 6.41. The number of carbonyl (C=O) groups is 1. The minimum Gasteiger partial charge on any atom is -0.870 e. The zero-order valence-electron chi connectivity index (χ0n) is 11.4. The third-order valence-corrected chi connectivity index (χ3v) is 3.22. The highest BCUT2D eigenvalue weighted by atomic mass is 32.1. The van der Waals surface area contributed by atoms with Crippen LogP contribution in [0.25, 0.3) is 5.32 Å². The monoisotopic (exact) mass is 312 g/mol. The number of nitrogens with one attached hydrogen (secondary N) is 1. The first-order valence-electron chi connectivity index (χ1n) is 5.53. The lowest BCUT2D eigenvalue weighted by molar-refractivity contribution is -0.266. The number of rotatable bonds is 4. The minimum atomic E-state index is -1.34. The first kappa shape index (κ1) is 16.7. The number of nitrogens with zero attached hydrogens (tertiary/aromatic N) is 1. The molecule has 0 fully saturated rings. The summed E-state index contributed by atoms with van der Waals surface area (Å²) >= 11 is 0.738. The number of thiophene rings is 1. The zero-order chi connectivity index (χ0) is 16.2. The summed E-state index contributed by atoms with van der Waals surface area (Å²) in [5, 5.41) is 27.5. The number of carboxylic acids is 1. The van der Waals surface area contributed by atoms with E-state index in [0.717, 1.165) is 11.3 Å². The Balaban J connectivity index is 0.000000677. The molecule has 0 saturated carbocycles. The number of hydrogen-bond donors (Lipinski definition) is 2. The molecule has 2 rings (SSSR count). The first-order chi connectivity index (χ1) is 9.88. The molecule has 1 heterocycles. The predicted octanol–water partition coefficient (Wildman–Crippen LogP) is 0.488. The third kappa shape index (κ3) is 3.20. The summed E-state index contributed by atoms with van der Waals surface area (Å²) in [6, 6.07) is 0. The number of ether oxygens (including phenoxy) is 1. The summed E-state index contributed by atoms with van der Waals surface area (Å²) in [7, 11) is 4.72. The molecular weight excluding hydrogens is 300 g/mol. The number of hydrogen-bond acceptors (Lipinski definition) is 7. The van der Waals surface area contributed by atoms with Gasteiger partial charge in [-0.15, -0.1) is 11.3 Å². The molecule has 0 unspecified atom stereocenters. The van der Waals surface area contributed by atoms with Crippen molar-refractivity contribution in [3.63, 3.8) is 0 Å². The number of anilines is 2. The molecule has 0 aliphatic heterocycles. The van der Waals surface area contributed by atoms with Crippen molar-refractivity contribution < 1.29 is 19.7 Å². The molecule has 114 valence electrons. The highest BCUT2D eigenvalue weighted by Crippen LogP contribution is 2.34. The van der Waals surface area contributed by atoms with Gasteiger partial charge in [-0.25, -0.2) is 4.79 Å². The Hall–Kier alpha value is -2.39. The average Bonchev–Trinajstić information content (AvgIpc) is 2.80. The molecule has 0 bridgehead atoms. The summed E-state index contributed by atoms with van der Waals surface area (Å²) in [5.41, 5.74) is -1.77. The Kier molecular flexibility index (Phi) is 5.44. The van der Waals surface area contributed by atoms with E-state index < -0.39 is 22.6 Å². The summed E-state index contributed by atoms with van der Waals surface area (Å²) < 4.78 is 4.68. The molecule has 1 aromatic carbocycles. The molecule has 0 spiro atoms. The Morgan fingerprint density at radius 3 is 2.38 bits per heavy atom. The van der Waals surface area contributed by atoms with Gasteiger partial charge in [0.1, 0.15) is 10.6 Å². The maximum atomic E-state index is 11.6. The molecule has 0 aliphatic carbocycles. The van der Waals surface area contributed by atoms with Crippen LogP contribution < -0.4 is 26.0 Å². The van der Waals surface area contributed by atoms with E-state index in [1.165, 1.54) is 12.5 Å². The van der Waals surface area contributed by atoms with Gasteiger partial charge >= 0.3 is 5.97 Å². The standard InChI is InChI=1S/C10H7NO6S.C2H6N/c1-17-8-4(6(13)7(8)14)11-3-2-18-9(5(3)12)10(15)16;1-3-2/h2,11-12H,1H3,(H,15,16);1-2H3/q;-1/p-1. The van der Waals surface area contributed by atoms with Crippen molar-refractivity contribution in [2.45, 2.75) is 0 Å². The SMILES string of the molecule is COc1c(Nc2csc(C(=O)O)c2[O-])c(=O)c1=O.C[N-]C. The Morgan fingerprint density at radius 2 is 1.95 bits per heavy atom. The van der Waals surface area contributed by atoms with Crippen molar-refractivity contribution in [2.24, 2.45) is 0 Å². The van der Waals surface area contributed by atoms with Crippen LogP contribution >= 0.6 is 11.3 Å². The van der Waals surface area contributed by atoms with Crippen molar-refractivity contribution in [2.75, 3.05) is 26.5 Å². The summed E-state index contributed by atoms with van der Waals surface area (Å²) in [4.78, 5) is 32.6. The minimum absolute atomic E-state index is 0.0669. The fourth-order valence-electron chi connectivity index (χ4n) is 1.39. The molecule has 2 N–H and O–H groups in total. The van der Waals surface area contributed by atoms with Crippen LogP contribution in [0, 0.1) is 0 Å². The van der Waals surface area contributed by atoms with Crippen molar-refractivity contribution in [1.82, 2.24) is 0 Å². The molecule has 0 radical (unpaired) electrons. The van der Waals surface area contributed by atoms with E-state index in [2.05, 4.69) is 15.4 Å². The number of methoxy groups -OCH3 is 1. The van der Waals surface area contributed by atoms with Crippen LogP contribution in [0.5, 0.6) is 11.5 Å².